The van der Waals surface area contributed by atoms with Crippen LogP contribution in [0.2, 0.25) is 0 Å². The Bertz CT molecular complexity index is 1290. The lowest BCUT2D eigenvalue weighted by molar-refractivity contribution is -0.148. The first-order chi connectivity index (χ1) is 25.0. The summed E-state index contributed by atoms with van der Waals surface area (Å²) in [5.41, 5.74) is 0.729. The maximum Gasteiger partial charge on any atom is 0.245 e. The van der Waals surface area contributed by atoms with Gasteiger partial charge < -0.3 is 35.0 Å². The van der Waals surface area contributed by atoms with Gasteiger partial charge in [-0.05, 0) is 56.7 Å². The average Bonchev–Trinajstić information content (AvgIpc) is 3.61. The number of aliphatic hydroxyl groups excluding tert-OH is 1. The molecule has 1 aliphatic rings. The Morgan fingerprint density at radius 1 is 0.887 bits per heavy atom. The topological polar surface area (TPSA) is 141 Å². The second kappa shape index (κ2) is 21.7. The molecule has 4 amide bonds. The number of aliphatic hydroxyl groups is 1. The molecule has 0 aliphatic carbocycles. The number of hydrogen-bond donors (Lipinski definition) is 3. The molecule has 10 atom stereocenters. The zero-order chi connectivity index (χ0) is 40.2. The number of methoxy groups -OCH3 is 2. The van der Waals surface area contributed by atoms with Crippen molar-refractivity contribution in [2.45, 2.75) is 136 Å². The van der Waals surface area contributed by atoms with E-state index in [1.807, 2.05) is 97.8 Å². The Hall–Kier alpha value is -3.06. The molecule has 1 heterocycles. The van der Waals surface area contributed by atoms with Gasteiger partial charge in [-0.1, -0.05) is 92.1 Å². The number of hydrogen-bond acceptors (Lipinski definition) is 8. The average molecular weight is 746 g/mol. The molecule has 1 aromatic rings. The molecule has 1 fully saturated rings. The Labute approximate surface area is 319 Å². The maximum atomic E-state index is 14.2. The molecule has 12 nitrogen and oxygen atoms in total. The largest absolute Gasteiger partial charge is 0.386 e. The van der Waals surface area contributed by atoms with E-state index < -0.39 is 48.4 Å². The van der Waals surface area contributed by atoms with Crippen LogP contribution in [-0.4, -0.2) is 128 Å². The van der Waals surface area contributed by atoms with E-state index in [-0.39, 0.29) is 53.8 Å². The fraction of sp³-hybridized carbons (Fsp3) is 0.756. The Morgan fingerprint density at radius 2 is 1.51 bits per heavy atom. The third-order valence-electron chi connectivity index (χ3n) is 11.2. The van der Waals surface area contributed by atoms with Crippen molar-refractivity contribution < 1.29 is 33.8 Å². The minimum Gasteiger partial charge on any atom is -0.386 e. The van der Waals surface area contributed by atoms with E-state index in [1.165, 1.54) is 0 Å². The lowest BCUT2D eigenvalue weighted by Gasteiger charge is -2.41. The first-order valence-electron chi connectivity index (χ1n) is 19.6. The smallest absolute Gasteiger partial charge is 0.245 e. The summed E-state index contributed by atoms with van der Waals surface area (Å²) >= 11 is 0. The van der Waals surface area contributed by atoms with Gasteiger partial charge in [0.1, 0.15) is 6.04 Å². The maximum absolute atomic E-state index is 14.2. The highest BCUT2D eigenvalue weighted by Gasteiger charge is 2.43. The summed E-state index contributed by atoms with van der Waals surface area (Å²) < 4.78 is 12.0. The van der Waals surface area contributed by atoms with Crippen LogP contribution in [0.5, 0.6) is 0 Å². The van der Waals surface area contributed by atoms with E-state index in [0.29, 0.717) is 19.4 Å². The molecule has 0 bridgehead atoms. The van der Waals surface area contributed by atoms with E-state index in [0.717, 1.165) is 18.4 Å². The number of ether oxygens (including phenoxy) is 2. The van der Waals surface area contributed by atoms with Crippen LogP contribution >= 0.6 is 0 Å². The number of amides is 4. The summed E-state index contributed by atoms with van der Waals surface area (Å²) in [6, 6.07) is 6.85. The minimum atomic E-state index is -0.862. The first-order valence-corrected chi connectivity index (χ1v) is 19.6. The highest BCUT2D eigenvalue weighted by atomic mass is 16.5. The number of nitrogens with one attached hydrogen (secondary N) is 2. The number of likely N-dealkylation sites (tertiary alicyclic amines) is 1. The van der Waals surface area contributed by atoms with E-state index in [2.05, 4.69) is 10.6 Å². The summed E-state index contributed by atoms with van der Waals surface area (Å²) in [5.74, 6) is -1.54. The molecule has 2 rings (SSSR count). The van der Waals surface area contributed by atoms with Crippen LogP contribution in [0.1, 0.15) is 99.2 Å². The lowest BCUT2D eigenvalue weighted by Crippen LogP contribution is -2.59. The normalized spacial score (nSPS) is 19.9. The molecular formula is C41H71N5O7. The highest BCUT2D eigenvalue weighted by Crippen LogP contribution is 2.30. The summed E-state index contributed by atoms with van der Waals surface area (Å²) in [7, 11) is 8.59. The van der Waals surface area contributed by atoms with Gasteiger partial charge in [-0.3, -0.25) is 24.1 Å². The molecule has 302 valence electrons. The van der Waals surface area contributed by atoms with Gasteiger partial charge in [0.15, 0.2) is 0 Å². The van der Waals surface area contributed by atoms with Gasteiger partial charge in [0.2, 0.25) is 23.6 Å². The molecule has 0 aromatic heterocycles. The van der Waals surface area contributed by atoms with Crippen molar-refractivity contribution in [3.8, 4) is 0 Å². The molecule has 0 spiro atoms. The zero-order valence-electron chi connectivity index (χ0n) is 34.8. The fourth-order valence-electron chi connectivity index (χ4n) is 8.01. The predicted molar refractivity (Wildman–Crippen MR) is 209 cm³/mol. The minimum absolute atomic E-state index is 0.0158. The lowest BCUT2D eigenvalue weighted by atomic mass is 9.89. The van der Waals surface area contributed by atoms with Crippen LogP contribution in [0.15, 0.2) is 30.3 Å². The number of rotatable bonds is 21. The van der Waals surface area contributed by atoms with Gasteiger partial charge in [-0.25, -0.2) is 0 Å². The second-order valence-corrected chi connectivity index (χ2v) is 15.9. The van der Waals surface area contributed by atoms with Crippen molar-refractivity contribution in [2.75, 3.05) is 41.9 Å². The van der Waals surface area contributed by atoms with Crippen LogP contribution < -0.4 is 10.6 Å². The van der Waals surface area contributed by atoms with Crippen LogP contribution in [0.25, 0.3) is 0 Å². The number of carbonyl (C=O) groups excluding carboxylic acids is 4. The van der Waals surface area contributed by atoms with E-state index >= 15 is 0 Å². The fourth-order valence-corrected chi connectivity index (χ4v) is 8.01. The van der Waals surface area contributed by atoms with E-state index in [4.69, 9.17) is 9.47 Å². The third-order valence-corrected chi connectivity index (χ3v) is 11.2. The molecule has 1 saturated heterocycles. The number of carbonyl (C=O) groups is 4. The van der Waals surface area contributed by atoms with Gasteiger partial charge >= 0.3 is 0 Å². The van der Waals surface area contributed by atoms with Gasteiger partial charge in [0, 0.05) is 27.8 Å². The molecule has 0 radical (unpaired) electrons. The summed E-state index contributed by atoms with van der Waals surface area (Å²) in [6.07, 6.45) is 0.699. The van der Waals surface area contributed by atoms with Crippen LogP contribution in [0.3, 0.4) is 0 Å². The first kappa shape index (κ1) is 46.1. The zero-order valence-corrected chi connectivity index (χ0v) is 34.8. The van der Waals surface area contributed by atoms with Crippen molar-refractivity contribution >= 4 is 23.6 Å². The number of benzene rings is 1. The van der Waals surface area contributed by atoms with E-state index in [9.17, 15) is 24.3 Å². The summed E-state index contributed by atoms with van der Waals surface area (Å²) in [5, 5.41) is 17.1. The third kappa shape index (κ3) is 12.0. The number of nitrogens with zero attached hydrogens (tertiary/aromatic N) is 3. The monoisotopic (exact) mass is 746 g/mol. The van der Waals surface area contributed by atoms with Crippen molar-refractivity contribution in [3.05, 3.63) is 35.9 Å². The SMILES string of the molecule is CCC(C)C(C(CC(=O)N1CCCC1C(OC)C(C)C(=O)NC(CC)C(O)c1ccccc1)OC)N(C)C(=O)[C@@H](NC(=O)C(C(C)C)N(C)C)C(C)C. The summed E-state index contributed by atoms with van der Waals surface area (Å²) in [6.45, 7) is 16.1. The quantitative estimate of drug-likeness (QED) is 0.170. The van der Waals surface area contributed by atoms with Crippen molar-refractivity contribution in [1.82, 2.24) is 25.3 Å². The van der Waals surface area contributed by atoms with E-state index in [1.54, 1.807) is 38.0 Å². The molecule has 1 aliphatic heterocycles. The van der Waals surface area contributed by atoms with Crippen LogP contribution in [-0.2, 0) is 28.7 Å². The standard InChI is InChI=1S/C41H71N5O7/c1-14-27(7)36(45(11)41(51)34(25(3)4)43-40(50)35(26(5)6)44(9)10)32(52-12)24-33(47)46-23-19-22-31(46)38(53-13)28(8)39(49)42-30(15-2)37(48)29-20-17-16-18-21-29/h16-18,20-21,25-28,30-32,34-38,48H,14-15,19,22-24H2,1-13H3,(H,42,49)(H,43,50)/t27?,28?,30?,31?,32?,34-,35?,36?,37?,38?/m0/s1. The molecule has 1 aromatic carbocycles. The van der Waals surface area contributed by atoms with Gasteiger partial charge in [-0.2, -0.15) is 0 Å². The van der Waals surface area contributed by atoms with Gasteiger partial charge in [-0.15, -0.1) is 0 Å². The second-order valence-electron chi connectivity index (χ2n) is 15.9. The molecule has 53 heavy (non-hydrogen) atoms. The van der Waals surface area contributed by atoms with Crippen LogP contribution in [0, 0.1) is 23.7 Å². The van der Waals surface area contributed by atoms with Gasteiger partial charge in [0.25, 0.3) is 0 Å². The molecule has 3 N–H and O–H groups in total. The Balaban J connectivity index is 2.27. The number of likely N-dealkylation sites (N-methyl/N-ethyl adjacent to an activating group) is 2. The Kier molecular flexibility index (Phi) is 18.9. The van der Waals surface area contributed by atoms with Crippen molar-refractivity contribution in [1.29, 1.82) is 0 Å². The van der Waals surface area contributed by atoms with Crippen molar-refractivity contribution in [3.63, 3.8) is 0 Å². The molecule has 0 saturated carbocycles. The van der Waals surface area contributed by atoms with Crippen molar-refractivity contribution in [2.24, 2.45) is 23.7 Å². The molecule has 12 heteroatoms. The van der Waals surface area contributed by atoms with Crippen LogP contribution in [0.4, 0.5) is 0 Å². The Morgan fingerprint density at radius 3 is 2.00 bits per heavy atom. The van der Waals surface area contributed by atoms with Gasteiger partial charge in [0.05, 0.1) is 54.8 Å². The molecule has 9 unspecified atom stereocenters. The summed E-state index contributed by atoms with van der Waals surface area (Å²) in [4.78, 5) is 60.8. The predicted octanol–water partition coefficient (Wildman–Crippen LogP) is 4.26. The molecular weight excluding hydrogens is 674 g/mol. The highest BCUT2D eigenvalue weighted by molar-refractivity contribution is 5.90.